The number of carbonyl (C=O) groups excluding carboxylic acids is 1. The second-order valence-corrected chi connectivity index (χ2v) is 4.94. The van der Waals surface area contributed by atoms with Crippen LogP contribution < -0.4 is 5.43 Å². The number of hydrazone groups is 1. The van der Waals surface area contributed by atoms with E-state index in [1.165, 1.54) is 0 Å². The normalized spacial score (nSPS) is 11.6. The molecule has 0 spiro atoms. The van der Waals surface area contributed by atoms with E-state index in [9.17, 15) is 4.79 Å². The summed E-state index contributed by atoms with van der Waals surface area (Å²) in [7, 11) is 0. The third-order valence-electron chi connectivity index (χ3n) is 3.19. The fourth-order valence-corrected chi connectivity index (χ4v) is 2.00. The smallest absolute Gasteiger partial charge is 0.244 e. The summed E-state index contributed by atoms with van der Waals surface area (Å²) in [4.78, 5) is 11.8. The van der Waals surface area contributed by atoms with Gasteiger partial charge >= 0.3 is 0 Å². The summed E-state index contributed by atoms with van der Waals surface area (Å²) in [5.74, 6) is -0.113. The summed E-state index contributed by atoms with van der Waals surface area (Å²) in [5, 5.41) is 4.04. The Labute approximate surface area is 131 Å². The molecule has 2 aromatic carbocycles. The molecule has 0 bridgehead atoms. The number of allylic oxidation sites excluding steroid dienone is 1. The van der Waals surface area contributed by atoms with Crippen LogP contribution in [0.5, 0.6) is 0 Å². The third kappa shape index (κ3) is 5.37. The summed E-state index contributed by atoms with van der Waals surface area (Å²) in [6.45, 7) is 2.06. The van der Waals surface area contributed by atoms with Gasteiger partial charge in [-0.3, -0.25) is 4.79 Å². The molecule has 0 unspecified atom stereocenters. The first kappa shape index (κ1) is 15.7. The fraction of sp³-hybridized carbons (Fsp3) is 0.158. The first-order chi connectivity index (χ1) is 10.8. The Morgan fingerprint density at radius 2 is 1.68 bits per heavy atom. The molecule has 0 aliphatic rings. The maximum atomic E-state index is 11.8. The minimum absolute atomic E-state index is 0.113. The van der Waals surface area contributed by atoms with E-state index in [2.05, 4.69) is 23.5 Å². The van der Waals surface area contributed by atoms with Crippen molar-refractivity contribution < 1.29 is 4.79 Å². The van der Waals surface area contributed by atoms with Gasteiger partial charge < -0.3 is 0 Å². The summed E-state index contributed by atoms with van der Waals surface area (Å²) in [6, 6.07) is 19.7. The highest BCUT2D eigenvalue weighted by molar-refractivity contribution is 5.87. The Kier molecular flexibility index (Phi) is 6.12. The van der Waals surface area contributed by atoms with Gasteiger partial charge in [0.2, 0.25) is 5.91 Å². The number of amides is 1. The molecule has 0 aliphatic carbocycles. The number of hydrogen-bond acceptors (Lipinski definition) is 2. The van der Waals surface area contributed by atoms with E-state index in [4.69, 9.17) is 0 Å². The summed E-state index contributed by atoms with van der Waals surface area (Å²) in [5.41, 5.74) is 5.74. The van der Waals surface area contributed by atoms with E-state index in [1.54, 1.807) is 6.21 Å². The SMILES string of the molecule is CCC(/C=N/NC(=O)Cc1ccccc1)=C\c1ccccc1. The molecule has 0 heterocycles. The molecule has 0 saturated carbocycles. The van der Waals surface area contributed by atoms with Crippen molar-refractivity contribution in [3.05, 3.63) is 77.4 Å². The Morgan fingerprint density at radius 1 is 1.05 bits per heavy atom. The lowest BCUT2D eigenvalue weighted by molar-refractivity contribution is -0.120. The van der Waals surface area contributed by atoms with Crippen LogP contribution in [0, 0.1) is 0 Å². The molecule has 0 aromatic heterocycles. The van der Waals surface area contributed by atoms with E-state index in [-0.39, 0.29) is 5.91 Å². The van der Waals surface area contributed by atoms with Gasteiger partial charge in [-0.05, 0) is 23.1 Å². The van der Waals surface area contributed by atoms with Crippen molar-refractivity contribution in [1.29, 1.82) is 0 Å². The Morgan fingerprint density at radius 3 is 2.32 bits per heavy atom. The highest BCUT2D eigenvalue weighted by Crippen LogP contribution is 2.07. The van der Waals surface area contributed by atoms with E-state index < -0.39 is 0 Å². The largest absolute Gasteiger partial charge is 0.273 e. The van der Waals surface area contributed by atoms with Gasteiger partial charge in [0.05, 0.1) is 12.6 Å². The molecule has 2 rings (SSSR count). The quantitative estimate of drug-likeness (QED) is 0.638. The Bertz CT molecular complexity index is 646. The van der Waals surface area contributed by atoms with Crippen molar-refractivity contribution >= 4 is 18.2 Å². The van der Waals surface area contributed by atoms with Gasteiger partial charge in [-0.15, -0.1) is 0 Å². The van der Waals surface area contributed by atoms with E-state index in [0.717, 1.165) is 23.1 Å². The van der Waals surface area contributed by atoms with Crippen molar-refractivity contribution in [2.24, 2.45) is 5.10 Å². The first-order valence-electron chi connectivity index (χ1n) is 7.39. The molecule has 22 heavy (non-hydrogen) atoms. The number of carbonyl (C=O) groups is 1. The van der Waals surface area contributed by atoms with Crippen LogP contribution >= 0.6 is 0 Å². The molecule has 1 N–H and O–H groups in total. The molecule has 0 radical (unpaired) electrons. The van der Waals surface area contributed by atoms with Crippen LogP contribution in [-0.2, 0) is 11.2 Å². The summed E-state index contributed by atoms with van der Waals surface area (Å²) >= 11 is 0. The zero-order valence-electron chi connectivity index (χ0n) is 12.7. The molecular weight excluding hydrogens is 272 g/mol. The minimum Gasteiger partial charge on any atom is -0.273 e. The average Bonchev–Trinajstić information content (AvgIpc) is 2.56. The predicted molar refractivity (Wildman–Crippen MR) is 91.5 cm³/mol. The molecule has 112 valence electrons. The first-order valence-corrected chi connectivity index (χ1v) is 7.39. The summed E-state index contributed by atoms with van der Waals surface area (Å²) < 4.78 is 0. The monoisotopic (exact) mass is 292 g/mol. The van der Waals surface area contributed by atoms with Crippen LogP contribution in [0.3, 0.4) is 0 Å². The highest BCUT2D eigenvalue weighted by Gasteiger charge is 2.00. The lowest BCUT2D eigenvalue weighted by Gasteiger charge is -2.01. The molecule has 0 fully saturated rings. The molecule has 0 saturated heterocycles. The third-order valence-corrected chi connectivity index (χ3v) is 3.19. The maximum absolute atomic E-state index is 11.8. The van der Waals surface area contributed by atoms with Gasteiger partial charge in [-0.1, -0.05) is 73.7 Å². The Hall–Kier alpha value is -2.68. The molecule has 1 amide bonds. The van der Waals surface area contributed by atoms with Crippen LogP contribution in [0.1, 0.15) is 24.5 Å². The van der Waals surface area contributed by atoms with Gasteiger partial charge in [0.25, 0.3) is 0 Å². The lowest BCUT2D eigenvalue weighted by Crippen LogP contribution is -2.19. The van der Waals surface area contributed by atoms with Crippen molar-refractivity contribution in [2.45, 2.75) is 19.8 Å². The number of benzene rings is 2. The maximum Gasteiger partial charge on any atom is 0.244 e. The number of nitrogens with one attached hydrogen (secondary N) is 1. The zero-order chi connectivity index (χ0) is 15.6. The molecule has 3 heteroatoms. The van der Waals surface area contributed by atoms with Crippen LogP contribution in [0.15, 0.2) is 71.3 Å². The van der Waals surface area contributed by atoms with Gasteiger partial charge in [0.1, 0.15) is 0 Å². The average molecular weight is 292 g/mol. The lowest BCUT2D eigenvalue weighted by atomic mass is 10.1. The van der Waals surface area contributed by atoms with Gasteiger partial charge in [0, 0.05) is 0 Å². The van der Waals surface area contributed by atoms with Gasteiger partial charge in [0.15, 0.2) is 0 Å². The van der Waals surface area contributed by atoms with Crippen molar-refractivity contribution in [1.82, 2.24) is 5.43 Å². The number of hydrogen-bond donors (Lipinski definition) is 1. The van der Waals surface area contributed by atoms with Gasteiger partial charge in [-0.2, -0.15) is 5.10 Å². The molecule has 3 nitrogen and oxygen atoms in total. The van der Waals surface area contributed by atoms with Crippen LogP contribution in [0.4, 0.5) is 0 Å². The number of nitrogens with zero attached hydrogens (tertiary/aromatic N) is 1. The van der Waals surface area contributed by atoms with E-state index in [1.807, 2.05) is 60.7 Å². The summed E-state index contributed by atoms with van der Waals surface area (Å²) in [6.07, 6.45) is 4.96. The van der Waals surface area contributed by atoms with Crippen LogP contribution in [-0.4, -0.2) is 12.1 Å². The zero-order valence-corrected chi connectivity index (χ0v) is 12.7. The predicted octanol–water partition coefficient (Wildman–Crippen LogP) is 3.82. The van der Waals surface area contributed by atoms with Crippen LogP contribution in [0.2, 0.25) is 0 Å². The standard InChI is InChI=1S/C19H20N2O/c1-2-16(13-17-9-5-3-6-10-17)15-20-21-19(22)14-18-11-7-4-8-12-18/h3-13,15H,2,14H2,1H3,(H,21,22)/b16-13+,20-15+. The van der Waals surface area contributed by atoms with E-state index >= 15 is 0 Å². The van der Waals surface area contributed by atoms with Crippen molar-refractivity contribution in [3.8, 4) is 0 Å². The second-order valence-electron chi connectivity index (χ2n) is 4.94. The molecule has 0 aliphatic heterocycles. The molecular formula is C19H20N2O. The Balaban J connectivity index is 1.90. The topological polar surface area (TPSA) is 41.5 Å². The highest BCUT2D eigenvalue weighted by atomic mass is 16.2. The van der Waals surface area contributed by atoms with Crippen LogP contribution in [0.25, 0.3) is 6.08 Å². The van der Waals surface area contributed by atoms with E-state index in [0.29, 0.717) is 6.42 Å². The minimum atomic E-state index is -0.113. The number of rotatable bonds is 6. The fourth-order valence-electron chi connectivity index (χ4n) is 2.00. The second kappa shape index (κ2) is 8.57. The molecule has 2 aromatic rings. The van der Waals surface area contributed by atoms with Crippen molar-refractivity contribution in [3.63, 3.8) is 0 Å². The molecule has 0 atom stereocenters. The van der Waals surface area contributed by atoms with Crippen molar-refractivity contribution in [2.75, 3.05) is 0 Å². The van der Waals surface area contributed by atoms with Gasteiger partial charge in [-0.25, -0.2) is 5.43 Å².